The van der Waals surface area contributed by atoms with Gasteiger partial charge in [0.2, 0.25) is 0 Å². The van der Waals surface area contributed by atoms with Crippen LogP contribution in [0, 0.1) is 0 Å². The van der Waals surface area contributed by atoms with E-state index in [0.29, 0.717) is 6.42 Å². The highest BCUT2D eigenvalue weighted by molar-refractivity contribution is 5.92. The van der Waals surface area contributed by atoms with Crippen LogP contribution in [0.15, 0.2) is 36.9 Å². The highest BCUT2D eigenvalue weighted by atomic mass is 16.4. The van der Waals surface area contributed by atoms with Gasteiger partial charge in [0.1, 0.15) is 11.4 Å². The molecule has 0 saturated heterocycles. The van der Waals surface area contributed by atoms with Crippen molar-refractivity contribution in [3.63, 3.8) is 0 Å². The van der Waals surface area contributed by atoms with Crippen molar-refractivity contribution >= 4 is 17.8 Å². The first-order valence-corrected chi connectivity index (χ1v) is 6.42. The van der Waals surface area contributed by atoms with Gasteiger partial charge in [-0.25, -0.2) is 9.97 Å². The van der Waals surface area contributed by atoms with Crippen molar-refractivity contribution in [2.24, 2.45) is 11.5 Å². The molecule has 9 nitrogen and oxygen atoms in total. The van der Waals surface area contributed by atoms with Gasteiger partial charge < -0.3 is 16.6 Å². The first kappa shape index (κ1) is 17.7. The van der Waals surface area contributed by atoms with Crippen LogP contribution in [0.1, 0.15) is 33.0 Å². The molecule has 9 heteroatoms. The molecule has 0 spiro atoms. The van der Waals surface area contributed by atoms with Crippen LogP contribution >= 0.6 is 0 Å². The maximum Gasteiger partial charge on any atom is 0.303 e. The standard InChI is InChI=1S/C8H9NO2.C6H6N4O2/c10-8(11)4-3-7-2-1-5-9-6-7;7-5(11)3-1-9-4(2-10-3)6(8)12/h1-2,5-6H,3-4H2,(H,10,11);1-2H,(H2,7,11)(H2,8,12). The van der Waals surface area contributed by atoms with Crippen molar-refractivity contribution in [1.82, 2.24) is 15.0 Å². The van der Waals surface area contributed by atoms with Gasteiger partial charge in [-0.3, -0.25) is 19.4 Å². The van der Waals surface area contributed by atoms with Crippen molar-refractivity contribution in [1.29, 1.82) is 0 Å². The molecule has 120 valence electrons. The van der Waals surface area contributed by atoms with Crippen molar-refractivity contribution in [3.8, 4) is 0 Å². The topological polar surface area (TPSA) is 162 Å². The zero-order valence-electron chi connectivity index (χ0n) is 12.0. The molecular formula is C14H15N5O4. The Labute approximate surface area is 131 Å². The lowest BCUT2D eigenvalue weighted by atomic mass is 10.2. The number of amides is 2. The summed E-state index contributed by atoms with van der Waals surface area (Å²) in [7, 11) is 0. The average Bonchev–Trinajstić information content (AvgIpc) is 2.54. The Balaban J connectivity index is 0.000000231. The molecular weight excluding hydrogens is 302 g/mol. The number of rotatable bonds is 5. The molecule has 0 aliphatic heterocycles. The predicted octanol–water partition coefficient (Wildman–Crippen LogP) is -0.227. The zero-order valence-corrected chi connectivity index (χ0v) is 12.0. The molecule has 0 fully saturated rings. The summed E-state index contributed by atoms with van der Waals surface area (Å²) >= 11 is 0. The summed E-state index contributed by atoms with van der Waals surface area (Å²) in [6, 6.07) is 3.67. The Bertz CT molecular complexity index is 640. The summed E-state index contributed by atoms with van der Waals surface area (Å²) in [6.45, 7) is 0. The van der Waals surface area contributed by atoms with E-state index in [1.54, 1.807) is 18.5 Å². The van der Waals surface area contributed by atoms with E-state index in [4.69, 9.17) is 16.6 Å². The number of carboxylic acids is 1. The highest BCUT2D eigenvalue weighted by Crippen LogP contribution is 1.99. The number of aryl methyl sites for hydroxylation is 1. The lowest BCUT2D eigenvalue weighted by molar-refractivity contribution is -0.136. The van der Waals surface area contributed by atoms with Crippen LogP contribution in [-0.2, 0) is 11.2 Å². The smallest absolute Gasteiger partial charge is 0.303 e. The quantitative estimate of drug-likeness (QED) is 0.685. The third kappa shape index (κ3) is 6.76. The number of hydrogen-bond donors (Lipinski definition) is 3. The molecule has 0 atom stereocenters. The minimum absolute atomic E-state index is 0.000000000000000222. The molecule has 0 aromatic carbocycles. The molecule has 0 radical (unpaired) electrons. The maximum atomic E-state index is 10.5. The van der Waals surface area contributed by atoms with E-state index >= 15 is 0 Å². The SMILES string of the molecule is NC(=O)c1cnc(C(N)=O)cn1.O=C(O)CCc1cccnc1. The highest BCUT2D eigenvalue weighted by Gasteiger charge is 2.05. The second kappa shape index (κ2) is 8.82. The molecule has 0 aliphatic carbocycles. The van der Waals surface area contributed by atoms with Gasteiger partial charge in [-0.15, -0.1) is 0 Å². The third-order valence-corrected chi connectivity index (χ3v) is 2.51. The molecule has 0 unspecified atom stereocenters. The molecule has 23 heavy (non-hydrogen) atoms. The first-order chi connectivity index (χ1) is 10.9. The number of nitrogens with two attached hydrogens (primary N) is 2. The van der Waals surface area contributed by atoms with Gasteiger partial charge in [0.15, 0.2) is 0 Å². The lowest BCUT2D eigenvalue weighted by Crippen LogP contribution is -2.17. The monoisotopic (exact) mass is 317 g/mol. The van der Waals surface area contributed by atoms with Crippen LogP contribution in [0.4, 0.5) is 0 Å². The zero-order chi connectivity index (χ0) is 17.2. The molecule has 2 aromatic heterocycles. The van der Waals surface area contributed by atoms with Gasteiger partial charge in [-0.2, -0.15) is 0 Å². The van der Waals surface area contributed by atoms with E-state index in [9.17, 15) is 14.4 Å². The summed E-state index contributed by atoms with van der Waals surface area (Å²) in [5.41, 5.74) is 10.7. The number of hydrogen-bond acceptors (Lipinski definition) is 6. The van der Waals surface area contributed by atoms with E-state index in [1.165, 1.54) is 0 Å². The number of primary amides is 2. The maximum absolute atomic E-state index is 10.5. The van der Waals surface area contributed by atoms with Crippen LogP contribution in [0.2, 0.25) is 0 Å². The fourth-order valence-corrected chi connectivity index (χ4v) is 1.38. The second-order valence-electron chi connectivity index (χ2n) is 4.27. The van der Waals surface area contributed by atoms with Gasteiger partial charge in [0.25, 0.3) is 11.8 Å². The lowest BCUT2D eigenvalue weighted by Gasteiger charge is -1.94. The molecule has 2 heterocycles. The third-order valence-electron chi connectivity index (χ3n) is 2.51. The van der Waals surface area contributed by atoms with Gasteiger partial charge >= 0.3 is 5.97 Å². The Morgan fingerprint density at radius 3 is 1.91 bits per heavy atom. The summed E-state index contributed by atoms with van der Waals surface area (Å²) in [5, 5.41) is 8.35. The molecule has 5 N–H and O–H groups in total. The van der Waals surface area contributed by atoms with Gasteiger partial charge in [0, 0.05) is 18.8 Å². The number of nitrogens with zero attached hydrogens (tertiary/aromatic N) is 3. The largest absolute Gasteiger partial charge is 0.481 e. The van der Waals surface area contributed by atoms with E-state index < -0.39 is 17.8 Å². The van der Waals surface area contributed by atoms with Crippen molar-refractivity contribution in [2.45, 2.75) is 12.8 Å². The Kier molecular flexibility index (Phi) is 6.79. The van der Waals surface area contributed by atoms with Crippen molar-refractivity contribution < 1.29 is 19.5 Å². The fourth-order valence-electron chi connectivity index (χ4n) is 1.38. The van der Waals surface area contributed by atoms with Crippen LogP contribution in [0.25, 0.3) is 0 Å². The Morgan fingerprint density at radius 2 is 1.57 bits per heavy atom. The van der Waals surface area contributed by atoms with Gasteiger partial charge in [-0.05, 0) is 18.1 Å². The summed E-state index contributed by atoms with van der Waals surface area (Å²) in [4.78, 5) is 42.1. The van der Waals surface area contributed by atoms with Crippen LogP contribution < -0.4 is 11.5 Å². The minimum atomic E-state index is -0.770. The van der Waals surface area contributed by atoms with Crippen LogP contribution in [0.3, 0.4) is 0 Å². The summed E-state index contributed by atoms with van der Waals surface area (Å²) in [6.07, 6.45) is 6.28. The Morgan fingerprint density at radius 1 is 1.00 bits per heavy atom. The summed E-state index contributed by atoms with van der Waals surface area (Å²) in [5.74, 6) is -2.16. The number of carbonyl (C=O) groups excluding carboxylic acids is 2. The van der Waals surface area contributed by atoms with E-state index in [2.05, 4.69) is 15.0 Å². The average molecular weight is 317 g/mol. The summed E-state index contributed by atoms with van der Waals surface area (Å²) < 4.78 is 0. The molecule has 2 rings (SSSR count). The van der Waals surface area contributed by atoms with E-state index in [-0.39, 0.29) is 17.8 Å². The van der Waals surface area contributed by atoms with E-state index in [0.717, 1.165) is 18.0 Å². The number of aliphatic carboxylic acids is 1. The number of pyridine rings is 1. The van der Waals surface area contributed by atoms with Gasteiger partial charge in [0.05, 0.1) is 12.4 Å². The molecule has 0 saturated carbocycles. The van der Waals surface area contributed by atoms with Crippen LogP contribution in [0.5, 0.6) is 0 Å². The molecule has 0 aliphatic rings. The molecule has 0 bridgehead atoms. The Hall–Kier alpha value is -3.36. The first-order valence-electron chi connectivity index (χ1n) is 6.42. The number of carbonyl (C=O) groups is 3. The van der Waals surface area contributed by atoms with Gasteiger partial charge in [-0.1, -0.05) is 6.07 Å². The van der Waals surface area contributed by atoms with Crippen molar-refractivity contribution in [2.75, 3.05) is 0 Å². The normalized spacial score (nSPS) is 9.39. The predicted molar refractivity (Wildman–Crippen MR) is 79.3 cm³/mol. The minimum Gasteiger partial charge on any atom is -0.481 e. The molecule has 2 amide bonds. The van der Waals surface area contributed by atoms with Crippen LogP contribution in [-0.4, -0.2) is 37.8 Å². The second-order valence-corrected chi connectivity index (χ2v) is 4.27. The van der Waals surface area contributed by atoms with E-state index in [1.807, 2.05) is 6.07 Å². The van der Waals surface area contributed by atoms with Crippen molar-refractivity contribution in [3.05, 3.63) is 53.9 Å². The fraction of sp³-hybridized carbons (Fsp3) is 0.143. The number of carboxylic acid groups (broad SMARTS) is 1. The number of aromatic nitrogens is 3. The molecule has 2 aromatic rings.